The number of ether oxygens (including phenoxy) is 2. The Morgan fingerprint density at radius 1 is 0.680 bits per heavy atom. The molecule has 150 valence electrons. The Morgan fingerprint density at radius 3 is 1.60 bits per heavy atom. The summed E-state index contributed by atoms with van der Waals surface area (Å²) >= 11 is 0. The van der Waals surface area contributed by atoms with E-state index in [1.807, 2.05) is 0 Å². The minimum atomic E-state index is 0.390. The third kappa shape index (κ3) is 15.9. The van der Waals surface area contributed by atoms with Gasteiger partial charge in [-0.1, -0.05) is 103 Å². The SMILES string of the molecule is CCCCCCCCCCCCCCCCCCOCC1CCCO1. The molecule has 1 rings (SSSR count). The van der Waals surface area contributed by atoms with Crippen molar-refractivity contribution in [3.63, 3.8) is 0 Å². The van der Waals surface area contributed by atoms with Crippen molar-refractivity contribution in [3.05, 3.63) is 0 Å². The van der Waals surface area contributed by atoms with Gasteiger partial charge in [0.25, 0.3) is 0 Å². The van der Waals surface area contributed by atoms with E-state index < -0.39 is 0 Å². The van der Waals surface area contributed by atoms with Crippen LogP contribution < -0.4 is 0 Å². The summed E-state index contributed by atoms with van der Waals surface area (Å²) in [6.07, 6.45) is 25.6. The Labute approximate surface area is 158 Å². The monoisotopic (exact) mass is 354 g/mol. The Balaban J connectivity index is 1.63. The fourth-order valence-electron chi connectivity index (χ4n) is 3.74. The Kier molecular flexibility index (Phi) is 17.2. The maximum absolute atomic E-state index is 5.71. The third-order valence-electron chi connectivity index (χ3n) is 5.47. The summed E-state index contributed by atoms with van der Waals surface area (Å²) in [4.78, 5) is 0. The van der Waals surface area contributed by atoms with E-state index in [-0.39, 0.29) is 0 Å². The molecule has 1 aliphatic heterocycles. The zero-order valence-electron chi connectivity index (χ0n) is 17.2. The molecule has 2 nitrogen and oxygen atoms in total. The molecule has 1 heterocycles. The molecule has 0 radical (unpaired) electrons. The smallest absolute Gasteiger partial charge is 0.0809 e. The predicted molar refractivity (Wildman–Crippen MR) is 109 cm³/mol. The van der Waals surface area contributed by atoms with Crippen molar-refractivity contribution in [2.24, 2.45) is 0 Å². The summed E-state index contributed by atoms with van der Waals surface area (Å²) in [5.74, 6) is 0. The third-order valence-corrected chi connectivity index (χ3v) is 5.47. The van der Waals surface area contributed by atoms with Gasteiger partial charge in [-0.05, 0) is 19.3 Å². The Hall–Kier alpha value is -0.0800. The summed E-state index contributed by atoms with van der Waals surface area (Å²) in [6, 6.07) is 0. The minimum absolute atomic E-state index is 0.390. The van der Waals surface area contributed by atoms with E-state index in [2.05, 4.69) is 6.92 Å². The van der Waals surface area contributed by atoms with E-state index in [9.17, 15) is 0 Å². The quantitative estimate of drug-likeness (QED) is 0.224. The second kappa shape index (κ2) is 18.7. The van der Waals surface area contributed by atoms with Crippen molar-refractivity contribution >= 4 is 0 Å². The van der Waals surface area contributed by atoms with Crippen LogP contribution in [0.25, 0.3) is 0 Å². The van der Waals surface area contributed by atoms with Crippen molar-refractivity contribution in [2.45, 2.75) is 129 Å². The lowest BCUT2D eigenvalue weighted by Gasteiger charge is -2.09. The molecule has 1 unspecified atom stereocenters. The second-order valence-corrected chi connectivity index (χ2v) is 8.01. The van der Waals surface area contributed by atoms with Crippen LogP contribution in [0.15, 0.2) is 0 Å². The summed E-state index contributed by atoms with van der Waals surface area (Å²) in [7, 11) is 0. The second-order valence-electron chi connectivity index (χ2n) is 8.01. The zero-order valence-corrected chi connectivity index (χ0v) is 17.2. The maximum Gasteiger partial charge on any atom is 0.0809 e. The fourth-order valence-corrected chi connectivity index (χ4v) is 3.74. The van der Waals surface area contributed by atoms with Gasteiger partial charge < -0.3 is 9.47 Å². The fraction of sp³-hybridized carbons (Fsp3) is 1.00. The van der Waals surface area contributed by atoms with Crippen LogP contribution in [0.1, 0.15) is 122 Å². The van der Waals surface area contributed by atoms with E-state index in [0.29, 0.717) is 6.10 Å². The molecule has 0 aromatic heterocycles. The van der Waals surface area contributed by atoms with E-state index in [0.717, 1.165) is 19.8 Å². The van der Waals surface area contributed by atoms with Crippen LogP contribution in [0.5, 0.6) is 0 Å². The molecule has 0 bridgehead atoms. The first-order valence-corrected chi connectivity index (χ1v) is 11.6. The van der Waals surface area contributed by atoms with Crippen LogP contribution in [-0.2, 0) is 9.47 Å². The first-order chi connectivity index (χ1) is 12.4. The van der Waals surface area contributed by atoms with Crippen molar-refractivity contribution < 1.29 is 9.47 Å². The molecule has 0 spiro atoms. The molecular formula is C23H46O2. The number of rotatable bonds is 19. The largest absolute Gasteiger partial charge is 0.379 e. The van der Waals surface area contributed by atoms with E-state index in [1.54, 1.807) is 0 Å². The first kappa shape index (κ1) is 23.0. The molecule has 1 fully saturated rings. The highest BCUT2D eigenvalue weighted by Crippen LogP contribution is 2.14. The topological polar surface area (TPSA) is 18.5 Å². The van der Waals surface area contributed by atoms with E-state index in [1.165, 1.54) is 116 Å². The van der Waals surface area contributed by atoms with Crippen LogP contribution in [0.2, 0.25) is 0 Å². The Bertz CT molecular complexity index is 248. The summed E-state index contributed by atoms with van der Waals surface area (Å²) in [5.41, 5.74) is 0. The maximum atomic E-state index is 5.71. The van der Waals surface area contributed by atoms with Crippen LogP contribution in [0.4, 0.5) is 0 Å². The van der Waals surface area contributed by atoms with Crippen LogP contribution in [-0.4, -0.2) is 25.9 Å². The van der Waals surface area contributed by atoms with Gasteiger partial charge in [-0.15, -0.1) is 0 Å². The molecule has 1 saturated heterocycles. The highest BCUT2D eigenvalue weighted by molar-refractivity contribution is 4.63. The van der Waals surface area contributed by atoms with Gasteiger partial charge >= 0.3 is 0 Å². The molecule has 2 heteroatoms. The van der Waals surface area contributed by atoms with Gasteiger partial charge in [0.05, 0.1) is 12.7 Å². The highest BCUT2D eigenvalue weighted by Gasteiger charge is 2.14. The standard InChI is InChI=1S/C23H46O2/c1-2-3-4-5-6-7-8-9-10-11-12-13-14-15-16-17-20-24-22-23-19-18-21-25-23/h23H,2-22H2,1H3. The Morgan fingerprint density at radius 2 is 1.16 bits per heavy atom. The summed E-state index contributed by atoms with van der Waals surface area (Å²) in [5, 5.41) is 0. The lowest BCUT2D eigenvalue weighted by molar-refractivity contribution is 0.0161. The number of hydrogen-bond acceptors (Lipinski definition) is 2. The molecule has 25 heavy (non-hydrogen) atoms. The molecule has 0 amide bonds. The van der Waals surface area contributed by atoms with Gasteiger partial charge in [-0.3, -0.25) is 0 Å². The average molecular weight is 355 g/mol. The lowest BCUT2D eigenvalue weighted by atomic mass is 10.0. The molecule has 0 aromatic carbocycles. The highest BCUT2D eigenvalue weighted by atomic mass is 16.5. The zero-order chi connectivity index (χ0) is 17.8. The molecular weight excluding hydrogens is 308 g/mol. The average Bonchev–Trinajstić information content (AvgIpc) is 3.14. The van der Waals surface area contributed by atoms with Gasteiger partial charge in [0.2, 0.25) is 0 Å². The minimum Gasteiger partial charge on any atom is -0.379 e. The normalized spacial score (nSPS) is 17.4. The number of hydrogen-bond donors (Lipinski definition) is 0. The van der Waals surface area contributed by atoms with Crippen molar-refractivity contribution in [1.29, 1.82) is 0 Å². The van der Waals surface area contributed by atoms with Crippen molar-refractivity contribution in [1.82, 2.24) is 0 Å². The van der Waals surface area contributed by atoms with E-state index >= 15 is 0 Å². The summed E-state index contributed by atoms with van der Waals surface area (Å²) < 4.78 is 11.3. The molecule has 0 N–H and O–H groups in total. The van der Waals surface area contributed by atoms with Gasteiger partial charge in [0.15, 0.2) is 0 Å². The lowest BCUT2D eigenvalue weighted by Crippen LogP contribution is -2.14. The first-order valence-electron chi connectivity index (χ1n) is 11.6. The van der Waals surface area contributed by atoms with Crippen LogP contribution >= 0.6 is 0 Å². The predicted octanol–water partition coefficient (Wildman–Crippen LogP) is 7.44. The van der Waals surface area contributed by atoms with Gasteiger partial charge in [-0.2, -0.15) is 0 Å². The van der Waals surface area contributed by atoms with Gasteiger partial charge in [0.1, 0.15) is 0 Å². The van der Waals surface area contributed by atoms with Gasteiger partial charge in [0, 0.05) is 13.2 Å². The van der Waals surface area contributed by atoms with Crippen LogP contribution in [0, 0.1) is 0 Å². The van der Waals surface area contributed by atoms with Crippen molar-refractivity contribution in [2.75, 3.05) is 19.8 Å². The molecule has 1 atom stereocenters. The van der Waals surface area contributed by atoms with Gasteiger partial charge in [-0.25, -0.2) is 0 Å². The van der Waals surface area contributed by atoms with Crippen molar-refractivity contribution in [3.8, 4) is 0 Å². The molecule has 0 saturated carbocycles. The van der Waals surface area contributed by atoms with E-state index in [4.69, 9.17) is 9.47 Å². The van der Waals surface area contributed by atoms with Crippen LogP contribution in [0.3, 0.4) is 0 Å². The molecule has 0 aromatic rings. The molecule has 1 aliphatic rings. The molecule has 0 aliphatic carbocycles. The number of unbranched alkanes of at least 4 members (excludes halogenated alkanes) is 15. The summed E-state index contributed by atoms with van der Waals surface area (Å²) in [6.45, 7) is 4.98.